The van der Waals surface area contributed by atoms with Gasteiger partial charge in [0.2, 0.25) is 0 Å². The summed E-state index contributed by atoms with van der Waals surface area (Å²) in [4.78, 5) is 0. The van der Waals surface area contributed by atoms with Crippen molar-refractivity contribution in [1.82, 2.24) is 0 Å². The van der Waals surface area contributed by atoms with Gasteiger partial charge in [0.05, 0.1) is 0 Å². The molecular weight excluding hydrogens is 741 g/mol. The Morgan fingerprint density at radius 1 is 0.261 bits per heavy atom. The van der Waals surface area contributed by atoms with Gasteiger partial charge in [-0.25, -0.2) is 0 Å². The van der Waals surface area contributed by atoms with Crippen LogP contribution in [0.3, 0.4) is 0 Å². The van der Waals surface area contributed by atoms with Crippen LogP contribution in [0.4, 0.5) is 0 Å². The van der Waals surface area contributed by atoms with E-state index >= 15 is 0 Å². The molecule has 0 aliphatic heterocycles. The molecular formula is C40H45O5Ta. The number of aryl methyl sites for hydroxylation is 10. The molecule has 0 unspecified atom stereocenters. The minimum atomic E-state index is 0. The average molecular weight is 787 g/mol. The van der Waals surface area contributed by atoms with E-state index in [0.717, 1.165) is 55.6 Å². The Morgan fingerprint density at radius 2 is 0.391 bits per heavy atom. The van der Waals surface area contributed by atoms with Crippen LogP contribution >= 0.6 is 0 Å². The van der Waals surface area contributed by atoms with Gasteiger partial charge >= 0.3 is 22.4 Å². The van der Waals surface area contributed by atoms with Gasteiger partial charge in [-0.3, -0.25) is 0 Å². The molecule has 0 atom stereocenters. The first-order valence-electron chi connectivity index (χ1n) is 14.7. The zero-order valence-corrected chi connectivity index (χ0v) is 31.9. The van der Waals surface area contributed by atoms with E-state index in [9.17, 15) is 25.5 Å². The largest absolute Gasteiger partial charge is 5.00 e. The van der Waals surface area contributed by atoms with Crippen LogP contribution in [0.1, 0.15) is 55.6 Å². The molecule has 0 bridgehead atoms. The molecule has 5 nitrogen and oxygen atoms in total. The van der Waals surface area contributed by atoms with Gasteiger partial charge in [-0.05, 0) is 69.2 Å². The SMILES string of the molecule is Cc1ccc([O-])c(C)c1.Cc1ccc([O-])c(C)c1.Cc1ccc([O-])c(C)c1.Cc1ccc([O-])c(C)c1.Cc1ccc([O-])c(C)c1.[Ta+5]. The zero-order chi connectivity index (χ0) is 34.3. The molecule has 0 aliphatic carbocycles. The molecule has 0 aromatic heterocycles. The molecule has 0 radical (unpaired) electrons. The third-order valence-electron chi connectivity index (χ3n) is 6.65. The maximum Gasteiger partial charge on any atom is 5.00 e. The fraction of sp³-hybridized carbons (Fsp3) is 0.250. The van der Waals surface area contributed by atoms with Gasteiger partial charge in [-0.2, -0.15) is 0 Å². The molecule has 0 aliphatic rings. The van der Waals surface area contributed by atoms with E-state index in [1.54, 1.807) is 30.3 Å². The number of rotatable bonds is 0. The van der Waals surface area contributed by atoms with Crippen molar-refractivity contribution < 1.29 is 47.9 Å². The van der Waals surface area contributed by atoms with Crippen LogP contribution in [0, 0.1) is 69.2 Å². The maximum absolute atomic E-state index is 10.8. The molecule has 0 N–H and O–H groups in total. The van der Waals surface area contributed by atoms with E-state index in [1.165, 1.54) is 0 Å². The summed E-state index contributed by atoms with van der Waals surface area (Å²) in [5, 5.41) is 53.9. The van der Waals surface area contributed by atoms with Crippen LogP contribution < -0.4 is 25.5 Å². The van der Waals surface area contributed by atoms with Crippen molar-refractivity contribution in [3.05, 3.63) is 147 Å². The van der Waals surface area contributed by atoms with Crippen LogP contribution in [0.2, 0.25) is 0 Å². The van der Waals surface area contributed by atoms with E-state index in [1.807, 2.05) is 130 Å². The van der Waals surface area contributed by atoms with Crippen LogP contribution in [-0.4, -0.2) is 0 Å². The summed E-state index contributed by atoms with van der Waals surface area (Å²) in [6.45, 7) is 19.0. The fourth-order valence-electron chi connectivity index (χ4n) is 4.00. The predicted molar refractivity (Wildman–Crippen MR) is 177 cm³/mol. The Balaban J connectivity index is 0.000000547. The third-order valence-corrected chi connectivity index (χ3v) is 6.65. The molecule has 46 heavy (non-hydrogen) atoms. The van der Waals surface area contributed by atoms with Crippen molar-refractivity contribution in [2.24, 2.45) is 0 Å². The molecule has 5 aromatic rings. The molecule has 0 saturated carbocycles. The summed E-state index contributed by atoms with van der Waals surface area (Å²) in [6.07, 6.45) is 0. The van der Waals surface area contributed by atoms with Gasteiger partial charge in [-0.15, -0.1) is 28.7 Å². The number of benzene rings is 5. The first-order valence-corrected chi connectivity index (χ1v) is 14.7. The Hall–Kier alpha value is -4.16. The number of hydrogen-bond acceptors (Lipinski definition) is 5. The van der Waals surface area contributed by atoms with Gasteiger partial charge in [0, 0.05) is 0 Å². The summed E-state index contributed by atoms with van der Waals surface area (Å²) < 4.78 is 0. The average Bonchev–Trinajstić information content (AvgIpc) is 2.97. The van der Waals surface area contributed by atoms with E-state index in [-0.39, 0.29) is 51.1 Å². The second-order valence-electron chi connectivity index (χ2n) is 11.3. The van der Waals surface area contributed by atoms with Gasteiger partial charge < -0.3 is 25.5 Å². The van der Waals surface area contributed by atoms with Gasteiger partial charge in [0.25, 0.3) is 0 Å². The van der Waals surface area contributed by atoms with E-state index in [0.29, 0.717) is 0 Å². The van der Waals surface area contributed by atoms with Crippen LogP contribution in [0.5, 0.6) is 28.7 Å². The summed E-state index contributed by atoms with van der Waals surface area (Å²) in [5.74, 6) is 0.628. The van der Waals surface area contributed by atoms with Gasteiger partial charge in [-0.1, -0.05) is 147 Å². The smallest absolute Gasteiger partial charge is 0.872 e. The first kappa shape index (κ1) is 41.8. The summed E-state index contributed by atoms with van der Waals surface area (Å²) >= 11 is 0. The van der Waals surface area contributed by atoms with Crippen molar-refractivity contribution in [2.45, 2.75) is 69.2 Å². The topological polar surface area (TPSA) is 115 Å². The standard InChI is InChI=1S/5C8H10O.Ta/c5*1-6-3-4-8(9)7(2)5-6;/h5*3-5,9H,1-2H3;/q;;;;;+5/p-5. The summed E-state index contributed by atoms with van der Waals surface area (Å²) in [6, 6.07) is 26.6. The second-order valence-corrected chi connectivity index (χ2v) is 11.3. The van der Waals surface area contributed by atoms with Crippen LogP contribution in [0.25, 0.3) is 0 Å². The Labute approximate surface area is 291 Å². The Bertz CT molecular complexity index is 1370. The van der Waals surface area contributed by atoms with Gasteiger partial charge in [0.15, 0.2) is 0 Å². The Kier molecular flexibility index (Phi) is 18.9. The van der Waals surface area contributed by atoms with Gasteiger partial charge in [0.1, 0.15) is 0 Å². The van der Waals surface area contributed by atoms with E-state index in [4.69, 9.17) is 0 Å². The molecule has 0 fully saturated rings. The summed E-state index contributed by atoms with van der Waals surface area (Å²) in [5.41, 5.74) is 9.87. The van der Waals surface area contributed by atoms with Crippen molar-refractivity contribution >= 4 is 0 Å². The fourth-order valence-corrected chi connectivity index (χ4v) is 4.00. The maximum atomic E-state index is 10.8. The molecule has 5 aromatic carbocycles. The second kappa shape index (κ2) is 20.8. The quantitative estimate of drug-likeness (QED) is 0.170. The van der Waals surface area contributed by atoms with Crippen molar-refractivity contribution in [3.8, 4) is 28.7 Å². The first-order chi connectivity index (χ1) is 21.0. The molecule has 5 rings (SSSR count). The Morgan fingerprint density at radius 3 is 0.478 bits per heavy atom. The molecule has 0 heterocycles. The van der Waals surface area contributed by atoms with Crippen molar-refractivity contribution in [1.29, 1.82) is 0 Å². The third kappa shape index (κ3) is 16.2. The van der Waals surface area contributed by atoms with Crippen molar-refractivity contribution in [3.63, 3.8) is 0 Å². The predicted octanol–water partition coefficient (Wildman–Crippen LogP) is 6.88. The minimum absolute atomic E-state index is 0. The molecule has 6 heteroatoms. The number of hydrogen-bond donors (Lipinski definition) is 0. The molecule has 240 valence electrons. The normalized spacial score (nSPS) is 9.35. The summed E-state index contributed by atoms with van der Waals surface area (Å²) in [7, 11) is 0. The molecule has 0 saturated heterocycles. The molecule has 0 amide bonds. The minimum Gasteiger partial charge on any atom is -0.872 e. The van der Waals surface area contributed by atoms with Crippen molar-refractivity contribution in [2.75, 3.05) is 0 Å². The monoisotopic (exact) mass is 786 g/mol. The molecule has 0 spiro atoms. The van der Waals surface area contributed by atoms with E-state index in [2.05, 4.69) is 0 Å². The van der Waals surface area contributed by atoms with Crippen LogP contribution in [-0.2, 0) is 22.4 Å². The van der Waals surface area contributed by atoms with Crippen LogP contribution in [0.15, 0.2) is 91.0 Å². The zero-order valence-electron chi connectivity index (χ0n) is 28.6. The van der Waals surface area contributed by atoms with E-state index < -0.39 is 0 Å².